The van der Waals surface area contributed by atoms with E-state index >= 15 is 0 Å². The van der Waals surface area contributed by atoms with E-state index < -0.39 is 0 Å². The van der Waals surface area contributed by atoms with Gasteiger partial charge in [-0.3, -0.25) is 19.6 Å². The van der Waals surface area contributed by atoms with Gasteiger partial charge in [-0.05, 0) is 59.7 Å². The lowest BCUT2D eigenvalue weighted by molar-refractivity contribution is 0.101. The second-order valence-electron chi connectivity index (χ2n) is 6.53. The number of nitrogens with one attached hydrogen (secondary N) is 2. The van der Waals surface area contributed by atoms with Crippen LogP contribution in [0.15, 0.2) is 97.6 Å². The molecule has 4 aromatic rings. The minimum atomic E-state index is -0.184. The van der Waals surface area contributed by atoms with Crippen molar-refractivity contribution < 1.29 is 9.59 Å². The summed E-state index contributed by atoms with van der Waals surface area (Å²) in [5.41, 5.74) is 4.42. The average molecular weight is 394 g/mol. The predicted octanol–water partition coefficient (Wildman–Crippen LogP) is 4.65. The molecular formula is C24H18N4O2. The van der Waals surface area contributed by atoms with Crippen LogP contribution in [-0.4, -0.2) is 21.8 Å². The van der Waals surface area contributed by atoms with Gasteiger partial charge in [0.1, 0.15) is 0 Å². The summed E-state index contributed by atoms with van der Waals surface area (Å²) in [6, 6.07) is 21.6. The average Bonchev–Trinajstić information content (AvgIpc) is 2.80. The minimum absolute atomic E-state index is 0.184. The maximum atomic E-state index is 12.4. The Morgan fingerprint density at radius 1 is 0.500 bits per heavy atom. The quantitative estimate of drug-likeness (QED) is 0.516. The Kier molecular flexibility index (Phi) is 5.57. The van der Waals surface area contributed by atoms with Gasteiger partial charge in [0.15, 0.2) is 0 Å². The zero-order valence-corrected chi connectivity index (χ0v) is 15.9. The lowest BCUT2D eigenvalue weighted by Crippen LogP contribution is -2.11. The molecule has 0 spiro atoms. The largest absolute Gasteiger partial charge is 0.322 e. The highest BCUT2D eigenvalue weighted by Gasteiger charge is 2.09. The number of carbonyl (C=O) groups is 2. The van der Waals surface area contributed by atoms with Crippen LogP contribution >= 0.6 is 0 Å². The highest BCUT2D eigenvalue weighted by atomic mass is 16.2. The molecule has 2 aromatic heterocycles. The van der Waals surface area contributed by atoms with Gasteiger partial charge in [-0.25, -0.2) is 0 Å². The fourth-order valence-corrected chi connectivity index (χ4v) is 2.91. The van der Waals surface area contributed by atoms with Crippen molar-refractivity contribution in [3.8, 4) is 11.1 Å². The number of rotatable bonds is 5. The van der Waals surface area contributed by atoms with Gasteiger partial charge in [0, 0.05) is 47.3 Å². The topological polar surface area (TPSA) is 84.0 Å². The van der Waals surface area contributed by atoms with Gasteiger partial charge in [0.05, 0.1) is 0 Å². The summed E-state index contributed by atoms with van der Waals surface area (Å²) in [5.74, 6) is -0.369. The Balaban J connectivity index is 1.43. The van der Waals surface area contributed by atoms with Gasteiger partial charge in [0.2, 0.25) is 0 Å². The molecule has 0 radical (unpaired) electrons. The molecule has 146 valence electrons. The molecule has 2 aromatic carbocycles. The van der Waals surface area contributed by atoms with Gasteiger partial charge < -0.3 is 10.6 Å². The molecular weight excluding hydrogens is 376 g/mol. The monoisotopic (exact) mass is 394 g/mol. The van der Waals surface area contributed by atoms with Crippen LogP contribution < -0.4 is 10.6 Å². The first-order valence-corrected chi connectivity index (χ1v) is 9.32. The number of aromatic nitrogens is 2. The molecule has 0 saturated heterocycles. The van der Waals surface area contributed by atoms with E-state index in [0.29, 0.717) is 22.5 Å². The van der Waals surface area contributed by atoms with E-state index in [0.717, 1.165) is 11.1 Å². The lowest BCUT2D eigenvalue weighted by atomic mass is 10.0. The fourth-order valence-electron chi connectivity index (χ4n) is 2.91. The summed E-state index contributed by atoms with van der Waals surface area (Å²) in [4.78, 5) is 32.6. The summed E-state index contributed by atoms with van der Waals surface area (Å²) >= 11 is 0. The van der Waals surface area contributed by atoms with Crippen LogP contribution in [0.5, 0.6) is 0 Å². The number of carbonyl (C=O) groups excluding carboxylic acids is 2. The maximum absolute atomic E-state index is 12.4. The Morgan fingerprint density at radius 2 is 0.833 bits per heavy atom. The van der Waals surface area contributed by atoms with Crippen LogP contribution in [0, 0.1) is 0 Å². The lowest BCUT2D eigenvalue weighted by Gasteiger charge is -2.08. The van der Waals surface area contributed by atoms with Crippen LogP contribution in [0.2, 0.25) is 0 Å². The number of hydrogen-bond acceptors (Lipinski definition) is 4. The molecule has 0 aliphatic heterocycles. The molecule has 2 amide bonds. The smallest absolute Gasteiger partial charge is 0.255 e. The molecule has 0 aliphatic rings. The van der Waals surface area contributed by atoms with Crippen molar-refractivity contribution in [3.63, 3.8) is 0 Å². The van der Waals surface area contributed by atoms with Gasteiger partial charge in [-0.15, -0.1) is 0 Å². The number of nitrogens with zero attached hydrogens (tertiary/aromatic N) is 2. The van der Waals surface area contributed by atoms with Gasteiger partial charge >= 0.3 is 0 Å². The summed E-state index contributed by atoms with van der Waals surface area (Å²) in [5, 5.41) is 5.66. The Bertz CT molecular complexity index is 1050. The highest BCUT2D eigenvalue weighted by Crippen LogP contribution is 2.21. The predicted molar refractivity (Wildman–Crippen MR) is 116 cm³/mol. The van der Waals surface area contributed by atoms with E-state index in [-0.39, 0.29) is 11.8 Å². The van der Waals surface area contributed by atoms with Crippen molar-refractivity contribution in [2.24, 2.45) is 0 Å². The van der Waals surface area contributed by atoms with Gasteiger partial charge in [-0.1, -0.05) is 24.3 Å². The van der Waals surface area contributed by atoms with E-state index in [2.05, 4.69) is 20.6 Å². The van der Waals surface area contributed by atoms with Crippen molar-refractivity contribution in [1.82, 2.24) is 9.97 Å². The van der Waals surface area contributed by atoms with Gasteiger partial charge in [0.25, 0.3) is 11.8 Å². The molecule has 2 N–H and O–H groups in total. The molecule has 4 rings (SSSR count). The van der Waals surface area contributed by atoms with Crippen LogP contribution in [0.1, 0.15) is 20.7 Å². The maximum Gasteiger partial charge on any atom is 0.255 e. The molecule has 30 heavy (non-hydrogen) atoms. The summed E-state index contributed by atoms with van der Waals surface area (Å²) in [6.07, 6.45) is 6.50. The molecule has 0 aliphatic carbocycles. The summed E-state index contributed by atoms with van der Waals surface area (Å²) in [7, 11) is 0. The molecule has 0 atom stereocenters. The molecule has 2 heterocycles. The first-order chi connectivity index (χ1) is 14.7. The third-order valence-electron chi connectivity index (χ3n) is 4.50. The Labute approximate surface area is 173 Å². The van der Waals surface area contributed by atoms with Crippen molar-refractivity contribution in [1.29, 1.82) is 0 Å². The van der Waals surface area contributed by atoms with E-state index in [9.17, 15) is 9.59 Å². The van der Waals surface area contributed by atoms with Crippen molar-refractivity contribution in [3.05, 3.63) is 109 Å². The second kappa shape index (κ2) is 8.79. The fraction of sp³-hybridized carbons (Fsp3) is 0. The summed E-state index contributed by atoms with van der Waals surface area (Å²) in [6.45, 7) is 0. The van der Waals surface area contributed by atoms with Crippen LogP contribution in [0.25, 0.3) is 11.1 Å². The molecule has 6 heteroatoms. The number of hydrogen-bond donors (Lipinski definition) is 2. The van der Waals surface area contributed by atoms with Crippen LogP contribution in [0.4, 0.5) is 11.4 Å². The SMILES string of the molecule is O=C(Nc1ccncc1)c1ccc(-c2ccc(C(=O)Nc3ccncc3)cc2)cc1. The standard InChI is InChI=1S/C24H18N4O2/c29-23(27-21-9-13-25-14-10-21)19-5-1-17(2-6-19)18-3-7-20(8-4-18)24(30)28-22-11-15-26-16-12-22/h1-16H,(H,25,27,29)(H,26,28,30). The summed E-state index contributed by atoms with van der Waals surface area (Å²) < 4.78 is 0. The first-order valence-electron chi connectivity index (χ1n) is 9.32. The third-order valence-corrected chi connectivity index (χ3v) is 4.50. The van der Waals surface area contributed by atoms with E-state index in [4.69, 9.17) is 0 Å². The normalized spacial score (nSPS) is 10.3. The molecule has 6 nitrogen and oxygen atoms in total. The minimum Gasteiger partial charge on any atom is -0.322 e. The zero-order valence-electron chi connectivity index (χ0n) is 15.9. The van der Waals surface area contributed by atoms with E-state index in [1.807, 2.05) is 24.3 Å². The third kappa shape index (κ3) is 4.56. The Hall–Kier alpha value is -4.32. The van der Waals surface area contributed by atoms with Crippen molar-refractivity contribution in [2.45, 2.75) is 0 Å². The number of amides is 2. The molecule has 0 saturated carbocycles. The second-order valence-corrected chi connectivity index (χ2v) is 6.53. The molecule has 0 unspecified atom stereocenters. The molecule has 0 fully saturated rings. The van der Waals surface area contributed by atoms with E-state index in [1.165, 1.54) is 0 Å². The Morgan fingerprint density at radius 3 is 1.17 bits per heavy atom. The molecule has 0 bridgehead atoms. The number of pyridine rings is 2. The van der Waals surface area contributed by atoms with Crippen LogP contribution in [0.3, 0.4) is 0 Å². The first kappa shape index (κ1) is 19.0. The van der Waals surface area contributed by atoms with E-state index in [1.54, 1.807) is 73.3 Å². The van der Waals surface area contributed by atoms with Crippen LogP contribution in [-0.2, 0) is 0 Å². The number of benzene rings is 2. The van der Waals surface area contributed by atoms with Crippen molar-refractivity contribution in [2.75, 3.05) is 10.6 Å². The number of anilines is 2. The zero-order chi connectivity index (χ0) is 20.8. The highest BCUT2D eigenvalue weighted by molar-refractivity contribution is 6.05. The van der Waals surface area contributed by atoms with Gasteiger partial charge in [-0.2, -0.15) is 0 Å². The van der Waals surface area contributed by atoms with Crippen molar-refractivity contribution >= 4 is 23.2 Å².